The molecule has 0 aliphatic rings. The van der Waals surface area contributed by atoms with Gasteiger partial charge in [0.05, 0.1) is 5.02 Å². The third kappa shape index (κ3) is 3.87. The van der Waals surface area contributed by atoms with Crippen LogP contribution in [0, 0.1) is 5.82 Å². The first-order chi connectivity index (χ1) is 13.7. The highest BCUT2D eigenvalue weighted by Crippen LogP contribution is 2.34. The number of aromatic hydroxyl groups is 2. The van der Waals surface area contributed by atoms with Gasteiger partial charge < -0.3 is 24.2 Å². The molecular weight excluding hydrogens is 413 g/mol. The maximum absolute atomic E-state index is 14.7. The predicted molar refractivity (Wildman–Crippen MR) is 96.7 cm³/mol. The van der Waals surface area contributed by atoms with Gasteiger partial charge in [-0.25, -0.2) is 9.59 Å². The molecule has 2 heterocycles. The highest BCUT2D eigenvalue weighted by atomic mass is 35.5. The third-order valence-electron chi connectivity index (χ3n) is 3.74. The Balaban J connectivity index is 2.02. The van der Waals surface area contributed by atoms with Crippen LogP contribution < -0.4 is 15.2 Å². The zero-order chi connectivity index (χ0) is 21.3. The van der Waals surface area contributed by atoms with Gasteiger partial charge in [-0.3, -0.25) is 4.79 Å². The van der Waals surface area contributed by atoms with E-state index in [1.54, 1.807) is 6.92 Å². The summed E-state index contributed by atoms with van der Waals surface area (Å²) >= 11 is 5.96. The Morgan fingerprint density at radius 1 is 1.24 bits per heavy atom. The van der Waals surface area contributed by atoms with Gasteiger partial charge >= 0.3 is 17.6 Å². The summed E-state index contributed by atoms with van der Waals surface area (Å²) in [7, 11) is 0. The van der Waals surface area contributed by atoms with Crippen LogP contribution in [0.1, 0.15) is 30.1 Å². The molecule has 0 aliphatic carbocycles. The lowest BCUT2D eigenvalue weighted by Crippen LogP contribution is -2.24. The van der Waals surface area contributed by atoms with Crippen molar-refractivity contribution in [3.63, 3.8) is 0 Å². The normalized spacial score (nSPS) is 10.9. The van der Waals surface area contributed by atoms with Gasteiger partial charge in [0, 0.05) is 23.9 Å². The predicted octanol–water partition coefficient (Wildman–Crippen LogP) is 2.77. The topological polar surface area (TPSA) is 128 Å². The fraction of sp³-hybridized carbons (Fsp3) is 0.167. The van der Waals surface area contributed by atoms with Crippen molar-refractivity contribution in [1.29, 1.82) is 0 Å². The Morgan fingerprint density at radius 2 is 1.90 bits per heavy atom. The van der Waals surface area contributed by atoms with E-state index in [1.807, 2.05) is 0 Å². The number of aromatic nitrogens is 1. The Kier molecular flexibility index (Phi) is 5.46. The number of fused-ring (bicyclic) bond motifs is 1. The van der Waals surface area contributed by atoms with Gasteiger partial charge in [-0.1, -0.05) is 18.5 Å². The molecule has 2 N–H and O–H groups in total. The zero-order valence-corrected chi connectivity index (χ0v) is 15.5. The molecule has 0 saturated carbocycles. The average Bonchev–Trinajstić information content (AvgIpc) is 2.97. The summed E-state index contributed by atoms with van der Waals surface area (Å²) in [6, 6.07) is 4.18. The average molecular weight is 426 g/mol. The molecule has 0 unspecified atom stereocenters. The molecule has 11 heteroatoms. The maximum atomic E-state index is 14.7. The quantitative estimate of drug-likeness (QED) is 0.363. The van der Waals surface area contributed by atoms with E-state index in [4.69, 9.17) is 25.6 Å². The van der Waals surface area contributed by atoms with Crippen molar-refractivity contribution in [2.24, 2.45) is 0 Å². The minimum absolute atomic E-state index is 0.0294. The summed E-state index contributed by atoms with van der Waals surface area (Å²) in [5.74, 6) is -5.01. The minimum Gasteiger partial charge on any atom is -0.492 e. The fourth-order valence-corrected chi connectivity index (χ4v) is 2.65. The summed E-state index contributed by atoms with van der Waals surface area (Å²) in [5.41, 5.74) is -2.50. The van der Waals surface area contributed by atoms with Crippen molar-refractivity contribution < 1.29 is 38.2 Å². The van der Waals surface area contributed by atoms with Gasteiger partial charge in [0.25, 0.3) is 0 Å². The molecule has 0 atom stereocenters. The SMILES string of the molecule is CCCC(=O)Oc1c(Cl)cc2cc(C(=O)On3c(O)ccc3O)c(=O)oc2c1F. The van der Waals surface area contributed by atoms with E-state index >= 15 is 0 Å². The third-order valence-corrected chi connectivity index (χ3v) is 4.02. The Bertz CT molecular complexity index is 1160. The van der Waals surface area contributed by atoms with Gasteiger partial charge in [-0.2, -0.15) is 4.39 Å². The van der Waals surface area contributed by atoms with Crippen molar-refractivity contribution in [1.82, 2.24) is 4.73 Å². The molecule has 9 nitrogen and oxygen atoms in total. The molecule has 0 fully saturated rings. The molecule has 0 aliphatic heterocycles. The van der Waals surface area contributed by atoms with Gasteiger partial charge in [-0.15, -0.1) is 4.73 Å². The second-order valence-corrected chi connectivity index (χ2v) is 6.22. The molecule has 2 aromatic heterocycles. The highest BCUT2D eigenvalue weighted by molar-refractivity contribution is 6.33. The molecule has 0 bridgehead atoms. The fourth-order valence-electron chi connectivity index (χ4n) is 2.41. The van der Waals surface area contributed by atoms with E-state index in [1.165, 1.54) is 0 Å². The lowest BCUT2D eigenvalue weighted by molar-refractivity contribution is -0.134. The van der Waals surface area contributed by atoms with Gasteiger partial charge in [0.1, 0.15) is 5.56 Å². The molecule has 1 aromatic carbocycles. The number of carbonyl (C=O) groups excluding carboxylic acids is 2. The number of benzene rings is 1. The van der Waals surface area contributed by atoms with Gasteiger partial charge in [0.15, 0.2) is 11.3 Å². The number of carbonyl (C=O) groups is 2. The minimum atomic E-state index is -1.29. The standard InChI is InChI=1S/C18H13ClFNO8/c1-2-3-13(24)27-16-10(19)7-8-6-9(17(25)28-15(8)14(16)20)18(26)29-21-11(22)4-5-12(21)23/h4-7,22-23H,2-3H2,1H3. The number of esters is 1. The summed E-state index contributed by atoms with van der Waals surface area (Å²) < 4.78 is 24.8. The zero-order valence-electron chi connectivity index (χ0n) is 14.8. The monoisotopic (exact) mass is 425 g/mol. The highest BCUT2D eigenvalue weighted by Gasteiger charge is 2.24. The maximum Gasteiger partial charge on any atom is 0.371 e. The summed E-state index contributed by atoms with van der Waals surface area (Å²) in [4.78, 5) is 40.7. The molecule has 0 amide bonds. The number of hydrogen-bond acceptors (Lipinski definition) is 8. The van der Waals surface area contributed by atoms with Gasteiger partial charge in [0.2, 0.25) is 17.6 Å². The van der Waals surface area contributed by atoms with E-state index < -0.39 is 52.0 Å². The molecule has 3 rings (SSSR count). The molecule has 0 radical (unpaired) electrons. The lowest BCUT2D eigenvalue weighted by atomic mass is 10.1. The first kappa shape index (κ1) is 20.2. The van der Waals surface area contributed by atoms with Crippen molar-refractivity contribution in [2.45, 2.75) is 19.8 Å². The van der Waals surface area contributed by atoms with Crippen LogP contribution in [-0.4, -0.2) is 26.9 Å². The van der Waals surface area contributed by atoms with Gasteiger partial charge in [-0.05, 0) is 18.6 Å². The second-order valence-electron chi connectivity index (χ2n) is 5.81. The van der Waals surface area contributed by atoms with E-state index in [0.29, 0.717) is 11.2 Å². The second kappa shape index (κ2) is 7.84. The number of rotatable bonds is 5. The van der Waals surface area contributed by atoms with Crippen molar-refractivity contribution >= 4 is 34.5 Å². The number of hydrogen-bond donors (Lipinski definition) is 2. The largest absolute Gasteiger partial charge is 0.492 e. The van der Waals surface area contributed by atoms with E-state index in [9.17, 15) is 29.0 Å². The Labute approximate surface area is 166 Å². The Hall–Kier alpha value is -3.53. The molecule has 0 spiro atoms. The lowest BCUT2D eigenvalue weighted by Gasteiger charge is -2.10. The van der Waals surface area contributed by atoms with Crippen LogP contribution in [0.2, 0.25) is 5.02 Å². The molecule has 3 aromatic rings. The summed E-state index contributed by atoms with van der Waals surface area (Å²) in [5, 5.41) is 18.6. The van der Waals surface area contributed by atoms with Crippen molar-refractivity contribution in [3.8, 4) is 17.5 Å². The molecule has 152 valence electrons. The summed E-state index contributed by atoms with van der Waals surface area (Å²) in [6.45, 7) is 1.73. The van der Waals surface area contributed by atoms with Crippen molar-refractivity contribution in [3.05, 3.63) is 51.1 Å². The van der Waals surface area contributed by atoms with Crippen LogP contribution in [0.3, 0.4) is 0 Å². The molecular formula is C18H13ClFNO8. The smallest absolute Gasteiger partial charge is 0.371 e. The van der Waals surface area contributed by atoms with Crippen LogP contribution in [0.15, 0.2) is 33.5 Å². The molecule has 0 saturated heterocycles. The van der Waals surface area contributed by atoms with Crippen LogP contribution in [0.25, 0.3) is 11.0 Å². The first-order valence-corrected chi connectivity index (χ1v) is 8.59. The summed E-state index contributed by atoms with van der Waals surface area (Å²) in [6.07, 6.45) is 0.500. The number of ether oxygens (including phenoxy) is 1. The van der Waals surface area contributed by atoms with E-state index in [-0.39, 0.29) is 16.8 Å². The van der Waals surface area contributed by atoms with E-state index in [0.717, 1.165) is 24.3 Å². The number of halogens is 2. The van der Waals surface area contributed by atoms with Crippen LogP contribution in [0.5, 0.6) is 17.5 Å². The van der Waals surface area contributed by atoms with Crippen LogP contribution in [0.4, 0.5) is 4.39 Å². The number of nitrogens with zero attached hydrogens (tertiary/aromatic N) is 1. The van der Waals surface area contributed by atoms with Crippen LogP contribution >= 0.6 is 11.6 Å². The Morgan fingerprint density at radius 3 is 2.52 bits per heavy atom. The first-order valence-electron chi connectivity index (χ1n) is 8.21. The van der Waals surface area contributed by atoms with E-state index in [2.05, 4.69) is 0 Å². The molecule has 29 heavy (non-hydrogen) atoms. The van der Waals surface area contributed by atoms with Crippen LogP contribution in [-0.2, 0) is 4.79 Å². The van der Waals surface area contributed by atoms with Crippen molar-refractivity contribution in [2.75, 3.05) is 0 Å².